The Morgan fingerprint density at radius 1 is 1.05 bits per heavy atom. The Hall–Kier alpha value is -4.30. The van der Waals surface area contributed by atoms with E-state index in [1.165, 1.54) is 12.4 Å². The molecule has 0 spiro atoms. The molecule has 3 N–H and O–H groups in total. The number of pyridine rings is 3. The summed E-state index contributed by atoms with van der Waals surface area (Å²) in [5, 5.41) is 12.2. The molecule has 2 aliphatic rings. The van der Waals surface area contributed by atoms with Crippen molar-refractivity contribution in [2.75, 3.05) is 61.4 Å². The summed E-state index contributed by atoms with van der Waals surface area (Å²) in [6.45, 7) is 4.72. The van der Waals surface area contributed by atoms with Crippen molar-refractivity contribution in [1.82, 2.24) is 19.9 Å². The van der Waals surface area contributed by atoms with Crippen LogP contribution in [0.1, 0.15) is 33.7 Å². The summed E-state index contributed by atoms with van der Waals surface area (Å²) in [5.74, 6) is 0.00564. The van der Waals surface area contributed by atoms with Crippen molar-refractivity contribution in [2.45, 2.75) is 25.1 Å². The highest BCUT2D eigenvalue weighted by atomic mass is 19.1. The summed E-state index contributed by atoms with van der Waals surface area (Å²) < 4.78 is 15.3. The smallest absolute Gasteiger partial charge is 0.252 e. The van der Waals surface area contributed by atoms with E-state index in [0.717, 1.165) is 37.6 Å². The lowest BCUT2D eigenvalue weighted by Gasteiger charge is -2.36. The van der Waals surface area contributed by atoms with Gasteiger partial charge in [-0.2, -0.15) is 5.26 Å². The molecule has 1 amide bonds. The Morgan fingerprint density at radius 3 is 2.49 bits per heavy atom. The van der Waals surface area contributed by atoms with Gasteiger partial charge < -0.3 is 25.8 Å². The van der Waals surface area contributed by atoms with Crippen molar-refractivity contribution in [3.63, 3.8) is 0 Å². The molecule has 2 saturated heterocycles. The number of aromatic nitrogens is 3. The van der Waals surface area contributed by atoms with E-state index in [2.05, 4.69) is 43.2 Å². The number of nitrogens with two attached hydrogens (primary N) is 1. The van der Waals surface area contributed by atoms with Crippen LogP contribution >= 0.6 is 0 Å². The zero-order valence-electron chi connectivity index (χ0n) is 21.9. The van der Waals surface area contributed by atoms with Crippen molar-refractivity contribution in [3.8, 4) is 6.07 Å². The Kier molecular flexibility index (Phi) is 7.84. The predicted molar refractivity (Wildman–Crippen MR) is 148 cm³/mol. The third-order valence-corrected chi connectivity index (χ3v) is 7.35. The van der Waals surface area contributed by atoms with Crippen LogP contribution in [0.2, 0.25) is 0 Å². The molecule has 2 aliphatic heterocycles. The van der Waals surface area contributed by atoms with Gasteiger partial charge in [0.1, 0.15) is 18.1 Å². The fourth-order valence-electron chi connectivity index (χ4n) is 4.98. The fraction of sp³-hybridized carbons (Fsp3) is 0.393. The molecular formula is C28H32FN9O. The quantitative estimate of drug-likeness (QED) is 0.474. The number of nitrogens with one attached hydrogen (secondary N) is 1. The van der Waals surface area contributed by atoms with Crippen LogP contribution in [-0.2, 0) is 6.42 Å². The molecule has 3 aromatic heterocycles. The molecule has 0 aromatic carbocycles. The van der Waals surface area contributed by atoms with Gasteiger partial charge in [-0.25, -0.2) is 9.37 Å². The summed E-state index contributed by atoms with van der Waals surface area (Å²) in [4.78, 5) is 31.9. The molecule has 0 radical (unpaired) electrons. The van der Waals surface area contributed by atoms with E-state index >= 15 is 4.39 Å². The van der Waals surface area contributed by atoms with Crippen LogP contribution in [0.25, 0.3) is 0 Å². The van der Waals surface area contributed by atoms with Crippen molar-refractivity contribution >= 4 is 23.1 Å². The average Bonchev–Trinajstić information content (AvgIpc) is 2.95. The van der Waals surface area contributed by atoms with E-state index in [-0.39, 0.29) is 12.1 Å². The van der Waals surface area contributed by atoms with Gasteiger partial charge in [0.05, 0.1) is 41.3 Å². The van der Waals surface area contributed by atoms with Crippen LogP contribution < -0.4 is 20.9 Å². The van der Waals surface area contributed by atoms with Gasteiger partial charge in [-0.1, -0.05) is 0 Å². The number of rotatable bonds is 7. The topological polar surface area (TPSA) is 127 Å². The monoisotopic (exact) mass is 529 g/mol. The Bertz CT molecular complexity index is 1330. The minimum absolute atomic E-state index is 0.143. The van der Waals surface area contributed by atoms with E-state index in [4.69, 9.17) is 11.0 Å². The number of carbonyl (C=O) groups excluding carboxylic acids is 1. The number of nitriles is 1. The molecule has 0 saturated carbocycles. The third kappa shape index (κ3) is 6.23. The molecule has 0 aliphatic carbocycles. The fourth-order valence-corrected chi connectivity index (χ4v) is 4.98. The van der Waals surface area contributed by atoms with E-state index in [9.17, 15) is 4.79 Å². The average molecular weight is 530 g/mol. The van der Waals surface area contributed by atoms with Crippen LogP contribution in [0, 0.1) is 11.3 Å². The number of hydrogen-bond donors (Lipinski definition) is 2. The molecular weight excluding hydrogens is 497 g/mol. The Morgan fingerprint density at radius 2 is 1.85 bits per heavy atom. The number of alkyl halides is 1. The highest BCUT2D eigenvalue weighted by Crippen LogP contribution is 2.26. The number of piperidine rings is 1. The van der Waals surface area contributed by atoms with Crippen LogP contribution in [-0.4, -0.2) is 84.3 Å². The first kappa shape index (κ1) is 26.3. The number of hydrogen-bond acceptors (Lipinski definition) is 9. The van der Waals surface area contributed by atoms with E-state index in [1.54, 1.807) is 18.2 Å². The van der Waals surface area contributed by atoms with Gasteiger partial charge in [-0.05, 0) is 43.8 Å². The Balaban J connectivity index is 1.25. The summed E-state index contributed by atoms with van der Waals surface area (Å²) in [6, 6.07) is 10.8. The van der Waals surface area contributed by atoms with Gasteiger partial charge in [-0.15, -0.1) is 0 Å². The summed E-state index contributed by atoms with van der Waals surface area (Å²) in [7, 11) is 2.13. The van der Waals surface area contributed by atoms with Gasteiger partial charge in [-0.3, -0.25) is 14.8 Å². The zero-order valence-corrected chi connectivity index (χ0v) is 21.9. The lowest BCUT2D eigenvalue weighted by Crippen LogP contribution is -2.48. The van der Waals surface area contributed by atoms with E-state index < -0.39 is 18.1 Å². The summed E-state index contributed by atoms with van der Waals surface area (Å²) in [6.07, 6.45) is 4.58. The standard InChI is InChI=1S/C28H32FN9O/c1-36-8-10-37(11-9-36)22-4-3-20(32-16-22)12-21-13-26(23(17-33-21)28(31)39)35-25-6-7-38(18-24(25)29)27-5-2-19(14-30)15-34-27/h2-5,13,15-17,24-25H,6-12,18H2,1H3,(H2,31,39)(H,33,35)/t24-,25+/m0/s1. The maximum atomic E-state index is 15.3. The van der Waals surface area contributed by atoms with Crippen molar-refractivity contribution in [1.29, 1.82) is 5.26 Å². The maximum absolute atomic E-state index is 15.3. The first-order chi connectivity index (χ1) is 18.9. The number of likely N-dealkylation sites (N-methyl/N-ethyl adjacent to an activating group) is 1. The molecule has 5 heterocycles. The lowest BCUT2D eigenvalue weighted by molar-refractivity contribution is 0.100. The maximum Gasteiger partial charge on any atom is 0.252 e. The highest BCUT2D eigenvalue weighted by molar-refractivity contribution is 5.98. The molecule has 2 fully saturated rings. The van der Waals surface area contributed by atoms with Gasteiger partial charge >= 0.3 is 0 Å². The van der Waals surface area contributed by atoms with Crippen molar-refractivity contribution < 1.29 is 9.18 Å². The molecule has 2 atom stereocenters. The second kappa shape index (κ2) is 11.6. The zero-order chi connectivity index (χ0) is 27.4. The normalized spacial score (nSPS) is 19.9. The second-order valence-electron chi connectivity index (χ2n) is 10.1. The number of carbonyl (C=O) groups is 1. The third-order valence-electron chi connectivity index (χ3n) is 7.35. The van der Waals surface area contributed by atoms with Crippen LogP contribution in [0.4, 0.5) is 21.6 Å². The first-order valence-corrected chi connectivity index (χ1v) is 13.1. The van der Waals surface area contributed by atoms with Crippen LogP contribution in [0.5, 0.6) is 0 Å². The number of primary amides is 1. The second-order valence-corrected chi connectivity index (χ2v) is 10.1. The number of anilines is 3. The molecule has 5 rings (SSSR count). The molecule has 39 heavy (non-hydrogen) atoms. The molecule has 3 aromatic rings. The first-order valence-electron chi connectivity index (χ1n) is 13.1. The lowest BCUT2D eigenvalue weighted by atomic mass is 10.0. The van der Waals surface area contributed by atoms with E-state index in [0.29, 0.717) is 42.1 Å². The van der Waals surface area contributed by atoms with Gasteiger partial charge in [0.15, 0.2) is 0 Å². The number of amides is 1. The minimum Gasteiger partial charge on any atom is -0.378 e. The predicted octanol–water partition coefficient (Wildman–Crippen LogP) is 2.21. The van der Waals surface area contributed by atoms with Crippen LogP contribution in [0.15, 0.2) is 48.9 Å². The molecule has 202 valence electrons. The van der Waals surface area contributed by atoms with Crippen molar-refractivity contribution in [3.05, 3.63) is 71.4 Å². The molecule has 0 bridgehead atoms. The molecule has 0 unspecified atom stereocenters. The largest absolute Gasteiger partial charge is 0.378 e. The molecule has 10 nitrogen and oxygen atoms in total. The number of nitrogens with zero attached hydrogens (tertiary/aromatic N) is 7. The number of halogens is 1. The highest BCUT2D eigenvalue weighted by Gasteiger charge is 2.31. The van der Waals surface area contributed by atoms with Gasteiger partial charge in [0.2, 0.25) is 0 Å². The SMILES string of the molecule is CN1CCN(c2ccc(Cc3cc(N[C@@H]4CCN(c5ccc(C#N)cn5)C[C@@H]4F)c(C(N)=O)cn3)nc2)CC1. The van der Waals surface area contributed by atoms with Crippen LogP contribution in [0.3, 0.4) is 0 Å². The summed E-state index contributed by atoms with van der Waals surface area (Å²) in [5.41, 5.74) is 9.41. The van der Waals surface area contributed by atoms with Gasteiger partial charge in [0.25, 0.3) is 5.91 Å². The van der Waals surface area contributed by atoms with Crippen molar-refractivity contribution in [2.24, 2.45) is 5.73 Å². The molecule has 11 heteroatoms. The minimum atomic E-state index is -1.21. The Labute approximate surface area is 227 Å². The number of piperazine rings is 1. The summed E-state index contributed by atoms with van der Waals surface area (Å²) >= 11 is 0. The van der Waals surface area contributed by atoms with E-state index in [1.807, 2.05) is 23.2 Å². The van der Waals surface area contributed by atoms with Gasteiger partial charge in [0, 0.05) is 62.9 Å².